The molecule has 2 N–H and O–H groups in total. The predicted octanol–water partition coefficient (Wildman–Crippen LogP) is 4.78. The number of thiophene rings is 1. The van der Waals surface area contributed by atoms with Gasteiger partial charge in [0.2, 0.25) is 0 Å². The standard InChI is InChI=1S/C22H20N2O3S/c25-21(24-18-9-2-1-8-17(18)20-11-5-13-28-20)15-6-3-7-16(14-15)23-22(26)19-10-4-12-27-19/h1-3,5-9,11,13-14,19H,4,10,12H2,(H,23,26)(H,24,25). The number of anilines is 2. The van der Waals surface area contributed by atoms with Gasteiger partial charge in [-0.05, 0) is 48.6 Å². The molecule has 1 atom stereocenters. The molecule has 0 aliphatic carbocycles. The van der Waals surface area contributed by atoms with Gasteiger partial charge >= 0.3 is 0 Å². The second-order valence-electron chi connectivity index (χ2n) is 6.55. The van der Waals surface area contributed by atoms with E-state index in [-0.39, 0.29) is 11.8 Å². The van der Waals surface area contributed by atoms with E-state index in [1.54, 1.807) is 35.6 Å². The van der Waals surface area contributed by atoms with Crippen molar-refractivity contribution in [3.05, 3.63) is 71.6 Å². The third kappa shape index (κ3) is 4.13. The first-order valence-electron chi connectivity index (χ1n) is 9.17. The van der Waals surface area contributed by atoms with Crippen LogP contribution in [0, 0.1) is 0 Å². The monoisotopic (exact) mass is 392 g/mol. The zero-order valence-electron chi connectivity index (χ0n) is 15.2. The highest BCUT2D eigenvalue weighted by molar-refractivity contribution is 7.13. The van der Waals surface area contributed by atoms with Crippen LogP contribution in [0.1, 0.15) is 23.2 Å². The average Bonchev–Trinajstić information content (AvgIpc) is 3.43. The first-order valence-corrected chi connectivity index (χ1v) is 10.1. The van der Waals surface area contributed by atoms with E-state index >= 15 is 0 Å². The Morgan fingerprint density at radius 2 is 1.89 bits per heavy atom. The molecule has 0 saturated carbocycles. The normalized spacial score (nSPS) is 15.9. The molecule has 5 nitrogen and oxygen atoms in total. The first-order chi connectivity index (χ1) is 13.7. The topological polar surface area (TPSA) is 67.4 Å². The summed E-state index contributed by atoms with van der Waals surface area (Å²) in [5.41, 5.74) is 2.79. The molecule has 1 aliphatic heterocycles. The van der Waals surface area contributed by atoms with Crippen LogP contribution in [0.25, 0.3) is 10.4 Å². The summed E-state index contributed by atoms with van der Waals surface area (Å²) in [6, 6.07) is 18.7. The van der Waals surface area contributed by atoms with Crippen LogP contribution >= 0.6 is 11.3 Å². The van der Waals surface area contributed by atoms with Gasteiger partial charge in [0.05, 0.1) is 0 Å². The van der Waals surface area contributed by atoms with Gasteiger partial charge in [0.15, 0.2) is 0 Å². The van der Waals surface area contributed by atoms with Gasteiger partial charge in [-0.2, -0.15) is 0 Å². The number of carbonyl (C=O) groups excluding carboxylic acids is 2. The van der Waals surface area contributed by atoms with Crippen LogP contribution in [0.4, 0.5) is 11.4 Å². The number of rotatable bonds is 5. The molecule has 0 bridgehead atoms. The van der Waals surface area contributed by atoms with Crippen molar-refractivity contribution in [2.24, 2.45) is 0 Å². The molecular formula is C22H20N2O3S. The minimum Gasteiger partial charge on any atom is -0.368 e. The molecule has 0 radical (unpaired) electrons. The second-order valence-corrected chi connectivity index (χ2v) is 7.50. The molecule has 1 aliphatic rings. The van der Waals surface area contributed by atoms with Crippen LogP contribution in [-0.4, -0.2) is 24.5 Å². The van der Waals surface area contributed by atoms with Gasteiger partial charge in [-0.3, -0.25) is 9.59 Å². The molecule has 0 spiro atoms. The van der Waals surface area contributed by atoms with E-state index in [4.69, 9.17) is 4.74 Å². The van der Waals surface area contributed by atoms with Crippen LogP contribution in [0.15, 0.2) is 66.0 Å². The number of nitrogens with one attached hydrogen (secondary N) is 2. The minimum absolute atomic E-state index is 0.168. The van der Waals surface area contributed by atoms with E-state index in [0.717, 1.165) is 29.0 Å². The SMILES string of the molecule is O=C(Nc1ccccc1-c1cccs1)c1cccc(NC(=O)C2CCCO2)c1. The van der Waals surface area contributed by atoms with Gasteiger partial charge in [0, 0.05) is 34.0 Å². The highest BCUT2D eigenvalue weighted by atomic mass is 32.1. The van der Waals surface area contributed by atoms with E-state index in [9.17, 15) is 9.59 Å². The molecule has 2 aromatic carbocycles. The van der Waals surface area contributed by atoms with Crippen LogP contribution in [0.5, 0.6) is 0 Å². The lowest BCUT2D eigenvalue weighted by Crippen LogP contribution is -2.27. The Morgan fingerprint density at radius 3 is 2.68 bits per heavy atom. The predicted molar refractivity (Wildman–Crippen MR) is 112 cm³/mol. The molecule has 28 heavy (non-hydrogen) atoms. The van der Waals surface area contributed by atoms with Crippen molar-refractivity contribution in [2.75, 3.05) is 17.2 Å². The van der Waals surface area contributed by atoms with Crippen molar-refractivity contribution in [1.29, 1.82) is 0 Å². The van der Waals surface area contributed by atoms with Crippen molar-refractivity contribution in [3.8, 4) is 10.4 Å². The summed E-state index contributed by atoms with van der Waals surface area (Å²) >= 11 is 1.62. The van der Waals surface area contributed by atoms with Crippen molar-refractivity contribution >= 4 is 34.5 Å². The lowest BCUT2D eigenvalue weighted by Gasteiger charge is -2.12. The maximum atomic E-state index is 12.8. The number of ether oxygens (including phenoxy) is 1. The number of hydrogen-bond donors (Lipinski definition) is 2. The second kappa shape index (κ2) is 8.37. The summed E-state index contributed by atoms with van der Waals surface area (Å²) in [7, 11) is 0. The van der Waals surface area contributed by atoms with Crippen LogP contribution in [0.3, 0.4) is 0 Å². The molecular weight excluding hydrogens is 372 g/mol. The number of amides is 2. The Labute approximate surface area is 167 Å². The molecule has 2 heterocycles. The smallest absolute Gasteiger partial charge is 0.255 e. The lowest BCUT2D eigenvalue weighted by molar-refractivity contribution is -0.124. The molecule has 3 aromatic rings. The maximum Gasteiger partial charge on any atom is 0.255 e. The zero-order chi connectivity index (χ0) is 19.3. The Balaban J connectivity index is 1.49. The van der Waals surface area contributed by atoms with E-state index in [1.807, 2.05) is 41.8 Å². The summed E-state index contributed by atoms with van der Waals surface area (Å²) in [6.07, 6.45) is 1.21. The van der Waals surface area contributed by atoms with E-state index in [2.05, 4.69) is 10.6 Å². The van der Waals surface area contributed by atoms with Crippen molar-refractivity contribution in [3.63, 3.8) is 0 Å². The maximum absolute atomic E-state index is 12.8. The molecule has 4 rings (SSSR count). The van der Waals surface area contributed by atoms with Gasteiger partial charge in [0.25, 0.3) is 11.8 Å². The van der Waals surface area contributed by atoms with Crippen molar-refractivity contribution in [1.82, 2.24) is 0 Å². The number of carbonyl (C=O) groups is 2. The number of para-hydroxylation sites is 1. The quantitative estimate of drug-likeness (QED) is 0.656. The Morgan fingerprint density at radius 1 is 1.00 bits per heavy atom. The summed E-state index contributed by atoms with van der Waals surface area (Å²) < 4.78 is 5.40. The lowest BCUT2D eigenvalue weighted by atomic mass is 10.1. The largest absolute Gasteiger partial charge is 0.368 e. The molecule has 1 fully saturated rings. The van der Waals surface area contributed by atoms with Gasteiger partial charge in [0.1, 0.15) is 6.10 Å². The highest BCUT2D eigenvalue weighted by Crippen LogP contribution is 2.31. The van der Waals surface area contributed by atoms with Crippen LogP contribution in [0.2, 0.25) is 0 Å². The Hall–Kier alpha value is -2.96. The molecule has 6 heteroatoms. The Kier molecular flexibility index (Phi) is 5.50. The fraction of sp³-hybridized carbons (Fsp3) is 0.182. The van der Waals surface area contributed by atoms with Crippen molar-refractivity contribution < 1.29 is 14.3 Å². The van der Waals surface area contributed by atoms with Gasteiger partial charge in [-0.15, -0.1) is 11.3 Å². The van der Waals surface area contributed by atoms with E-state index in [1.165, 1.54) is 0 Å². The van der Waals surface area contributed by atoms with Gasteiger partial charge in [-0.25, -0.2) is 0 Å². The zero-order valence-corrected chi connectivity index (χ0v) is 16.0. The number of hydrogen-bond acceptors (Lipinski definition) is 4. The fourth-order valence-electron chi connectivity index (χ4n) is 3.18. The molecule has 142 valence electrons. The van der Waals surface area contributed by atoms with Crippen molar-refractivity contribution in [2.45, 2.75) is 18.9 Å². The molecule has 1 unspecified atom stereocenters. The molecule has 2 amide bonds. The third-order valence-corrected chi connectivity index (χ3v) is 5.48. The van der Waals surface area contributed by atoms with Gasteiger partial charge in [-0.1, -0.05) is 30.3 Å². The van der Waals surface area contributed by atoms with Crippen LogP contribution < -0.4 is 10.6 Å². The fourth-order valence-corrected chi connectivity index (χ4v) is 3.94. The van der Waals surface area contributed by atoms with Crippen LogP contribution in [-0.2, 0) is 9.53 Å². The third-order valence-electron chi connectivity index (χ3n) is 4.58. The van der Waals surface area contributed by atoms with Gasteiger partial charge < -0.3 is 15.4 Å². The summed E-state index contributed by atoms with van der Waals surface area (Å²) in [4.78, 5) is 26.1. The van der Waals surface area contributed by atoms with E-state index in [0.29, 0.717) is 17.9 Å². The average molecular weight is 392 g/mol. The summed E-state index contributed by atoms with van der Waals surface area (Å²) in [5, 5.41) is 7.82. The Bertz CT molecular complexity index is 979. The summed E-state index contributed by atoms with van der Waals surface area (Å²) in [6.45, 7) is 0.615. The minimum atomic E-state index is -0.407. The molecule has 1 saturated heterocycles. The first kappa shape index (κ1) is 18.4. The number of benzene rings is 2. The molecule has 1 aromatic heterocycles. The summed E-state index contributed by atoms with van der Waals surface area (Å²) in [5.74, 6) is -0.393. The van der Waals surface area contributed by atoms with E-state index < -0.39 is 6.10 Å². The highest BCUT2D eigenvalue weighted by Gasteiger charge is 2.23.